The van der Waals surface area contributed by atoms with Crippen LogP contribution >= 0.6 is 15.9 Å². The first kappa shape index (κ1) is 21.9. The summed E-state index contributed by atoms with van der Waals surface area (Å²) in [5.41, 5.74) is 3.80. The van der Waals surface area contributed by atoms with Gasteiger partial charge in [0.05, 0.1) is 18.7 Å². The van der Waals surface area contributed by atoms with Gasteiger partial charge in [-0.2, -0.15) is 0 Å². The average molecular weight is 468 g/mol. The Bertz CT molecular complexity index is 973. The smallest absolute Gasteiger partial charge is 0.337 e. The van der Waals surface area contributed by atoms with Crippen LogP contribution in [0.25, 0.3) is 0 Å². The van der Waals surface area contributed by atoms with Crippen LogP contribution in [0.1, 0.15) is 41.4 Å². The van der Waals surface area contributed by atoms with Crippen LogP contribution < -0.4 is 9.64 Å². The Morgan fingerprint density at radius 2 is 1.73 bits per heavy atom. The summed E-state index contributed by atoms with van der Waals surface area (Å²) in [6.07, 6.45) is 0. The van der Waals surface area contributed by atoms with Crippen molar-refractivity contribution in [3.63, 3.8) is 0 Å². The van der Waals surface area contributed by atoms with Gasteiger partial charge in [-0.3, -0.25) is 0 Å². The number of hydrogen-bond donors (Lipinski definition) is 0. The van der Waals surface area contributed by atoms with Gasteiger partial charge in [0.2, 0.25) is 0 Å². The molecule has 30 heavy (non-hydrogen) atoms. The molecule has 0 amide bonds. The van der Waals surface area contributed by atoms with Gasteiger partial charge >= 0.3 is 5.97 Å². The molecule has 0 N–H and O–H groups in total. The molecule has 3 aromatic carbocycles. The second kappa shape index (κ2) is 10.3. The summed E-state index contributed by atoms with van der Waals surface area (Å²) < 4.78 is 12.0. The maximum absolute atomic E-state index is 11.7. The molecular weight excluding hydrogens is 442 g/mol. The molecule has 0 heterocycles. The van der Waals surface area contributed by atoms with Crippen molar-refractivity contribution in [3.05, 3.63) is 94.0 Å². The van der Waals surface area contributed by atoms with Crippen molar-refractivity contribution in [1.82, 2.24) is 0 Å². The Morgan fingerprint density at radius 1 is 1.03 bits per heavy atom. The Balaban J connectivity index is 1.85. The predicted octanol–water partition coefficient (Wildman–Crippen LogP) is 6.40. The molecule has 3 rings (SSSR count). The zero-order chi connectivity index (χ0) is 21.5. The molecular formula is C25H26BrNO3. The Labute approximate surface area is 186 Å². The van der Waals surface area contributed by atoms with Crippen molar-refractivity contribution >= 4 is 27.6 Å². The third kappa shape index (κ3) is 5.22. The van der Waals surface area contributed by atoms with E-state index in [1.807, 2.05) is 42.5 Å². The molecule has 0 saturated heterocycles. The Kier molecular flexibility index (Phi) is 7.52. The molecule has 0 aromatic heterocycles. The maximum Gasteiger partial charge on any atom is 0.337 e. The Hall–Kier alpha value is -2.79. The normalized spacial score (nSPS) is 11.6. The van der Waals surface area contributed by atoms with Crippen molar-refractivity contribution in [1.29, 1.82) is 0 Å². The monoisotopic (exact) mass is 467 g/mol. The van der Waals surface area contributed by atoms with E-state index in [9.17, 15) is 4.79 Å². The first-order valence-corrected chi connectivity index (χ1v) is 10.7. The van der Waals surface area contributed by atoms with Crippen molar-refractivity contribution in [2.45, 2.75) is 26.5 Å². The third-order valence-corrected chi connectivity index (χ3v) is 5.58. The lowest BCUT2D eigenvalue weighted by atomic mass is 10.0. The number of carbonyl (C=O) groups is 1. The van der Waals surface area contributed by atoms with E-state index in [1.54, 1.807) is 12.1 Å². The van der Waals surface area contributed by atoms with Gasteiger partial charge in [0.15, 0.2) is 0 Å². The van der Waals surface area contributed by atoms with Gasteiger partial charge in [-0.1, -0.05) is 46.3 Å². The number of ether oxygens (including phenoxy) is 2. The van der Waals surface area contributed by atoms with Gasteiger partial charge in [-0.25, -0.2) is 4.79 Å². The first-order chi connectivity index (χ1) is 14.5. The summed E-state index contributed by atoms with van der Waals surface area (Å²) in [5.74, 6) is 0.528. The summed E-state index contributed by atoms with van der Waals surface area (Å²) in [6.45, 7) is 5.60. The number of hydrogen-bond acceptors (Lipinski definition) is 4. The molecule has 156 valence electrons. The van der Waals surface area contributed by atoms with E-state index in [-0.39, 0.29) is 12.0 Å². The molecule has 0 aliphatic rings. The van der Waals surface area contributed by atoms with Crippen LogP contribution in [0.2, 0.25) is 0 Å². The van der Waals surface area contributed by atoms with Crippen LogP contribution in [0, 0.1) is 0 Å². The molecule has 0 spiro atoms. The summed E-state index contributed by atoms with van der Waals surface area (Å²) in [7, 11) is 1.39. The molecule has 1 unspecified atom stereocenters. The van der Waals surface area contributed by atoms with Crippen LogP contribution in [0.3, 0.4) is 0 Å². The van der Waals surface area contributed by atoms with E-state index in [4.69, 9.17) is 9.47 Å². The van der Waals surface area contributed by atoms with Gasteiger partial charge < -0.3 is 14.4 Å². The fourth-order valence-corrected chi connectivity index (χ4v) is 3.85. The van der Waals surface area contributed by atoms with Gasteiger partial charge in [0.1, 0.15) is 12.4 Å². The third-order valence-electron chi connectivity index (χ3n) is 5.09. The number of nitrogens with zero attached hydrogens (tertiary/aromatic N) is 1. The fourth-order valence-electron chi connectivity index (χ4n) is 3.47. The summed E-state index contributed by atoms with van der Waals surface area (Å²) in [6, 6.07) is 23.8. The highest BCUT2D eigenvalue weighted by Gasteiger charge is 2.20. The van der Waals surface area contributed by atoms with Gasteiger partial charge in [0.25, 0.3) is 0 Å². The number of carbonyl (C=O) groups excluding carboxylic acids is 1. The number of methoxy groups -OCH3 is 1. The SMILES string of the molecule is CCN(c1ccc(C(=O)OC)cc1)C(C)c1cc(Br)ccc1OCc1ccccc1. The average Bonchev–Trinajstić information content (AvgIpc) is 2.79. The molecule has 0 bridgehead atoms. The fraction of sp³-hybridized carbons (Fsp3) is 0.240. The van der Waals surface area contributed by atoms with E-state index in [2.05, 4.69) is 52.9 Å². The van der Waals surface area contributed by atoms with E-state index in [0.29, 0.717) is 12.2 Å². The van der Waals surface area contributed by atoms with Crippen molar-refractivity contribution in [2.24, 2.45) is 0 Å². The van der Waals surface area contributed by atoms with E-state index >= 15 is 0 Å². The molecule has 4 nitrogen and oxygen atoms in total. The van der Waals surface area contributed by atoms with Crippen LogP contribution in [-0.2, 0) is 11.3 Å². The lowest BCUT2D eigenvalue weighted by Crippen LogP contribution is -2.27. The second-order valence-electron chi connectivity index (χ2n) is 6.96. The molecule has 0 fully saturated rings. The van der Waals surface area contributed by atoms with Crippen molar-refractivity contribution < 1.29 is 14.3 Å². The zero-order valence-corrected chi connectivity index (χ0v) is 19.1. The van der Waals surface area contributed by atoms with E-state index in [1.165, 1.54) is 7.11 Å². The second-order valence-corrected chi connectivity index (χ2v) is 7.87. The largest absolute Gasteiger partial charge is 0.489 e. The Morgan fingerprint density at radius 3 is 2.37 bits per heavy atom. The first-order valence-electron chi connectivity index (χ1n) is 9.94. The maximum atomic E-state index is 11.7. The molecule has 0 aliphatic heterocycles. The number of rotatable bonds is 8. The number of benzene rings is 3. The summed E-state index contributed by atoms with van der Waals surface area (Å²) in [4.78, 5) is 14.0. The van der Waals surface area contributed by atoms with Crippen LogP contribution in [0.15, 0.2) is 77.3 Å². The van der Waals surface area contributed by atoms with Crippen molar-refractivity contribution in [3.8, 4) is 5.75 Å². The van der Waals surface area contributed by atoms with Gasteiger partial charge in [-0.05, 0) is 61.9 Å². The quantitative estimate of drug-likeness (QED) is 0.359. The minimum Gasteiger partial charge on any atom is -0.489 e. The van der Waals surface area contributed by atoms with E-state index < -0.39 is 0 Å². The molecule has 1 atom stereocenters. The number of anilines is 1. The van der Waals surface area contributed by atoms with Crippen molar-refractivity contribution in [2.75, 3.05) is 18.6 Å². The highest BCUT2D eigenvalue weighted by molar-refractivity contribution is 9.10. The molecule has 0 saturated carbocycles. The van der Waals surface area contributed by atoms with Gasteiger partial charge in [0, 0.05) is 22.3 Å². The molecule has 3 aromatic rings. The van der Waals surface area contributed by atoms with Gasteiger partial charge in [-0.15, -0.1) is 0 Å². The highest BCUT2D eigenvalue weighted by atomic mass is 79.9. The number of esters is 1. The highest BCUT2D eigenvalue weighted by Crippen LogP contribution is 2.35. The zero-order valence-electron chi connectivity index (χ0n) is 17.5. The minimum absolute atomic E-state index is 0.0715. The minimum atomic E-state index is -0.332. The standard InChI is InChI=1S/C25H26BrNO3/c1-4-27(22-13-10-20(11-14-22)25(28)29-3)18(2)23-16-21(26)12-15-24(23)30-17-19-8-6-5-7-9-19/h5-16,18H,4,17H2,1-3H3. The topological polar surface area (TPSA) is 38.8 Å². The van der Waals surface area contributed by atoms with Crippen LogP contribution in [0.4, 0.5) is 5.69 Å². The summed E-state index contributed by atoms with van der Waals surface area (Å²) >= 11 is 3.60. The molecule has 5 heteroatoms. The van der Waals surface area contributed by atoms with E-state index in [0.717, 1.165) is 33.6 Å². The predicted molar refractivity (Wildman–Crippen MR) is 124 cm³/mol. The lowest BCUT2D eigenvalue weighted by molar-refractivity contribution is 0.0601. The molecule has 0 radical (unpaired) electrons. The van der Waals surface area contributed by atoms with Crippen LogP contribution in [0.5, 0.6) is 5.75 Å². The molecule has 0 aliphatic carbocycles. The lowest BCUT2D eigenvalue weighted by Gasteiger charge is -2.32. The number of halogens is 1. The van der Waals surface area contributed by atoms with Crippen LogP contribution in [-0.4, -0.2) is 19.6 Å². The summed E-state index contributed by atoms with van der Waals surface area (Å²) in [5, 5.41) is 0.